The molecule has 0 radical (unpaired) electrons. The summed E-state index contributed by atoms with van der Waals surface area (Å²) in [5.41, 5.74) is 2.14. The maximum atomic E-state index is 13.0. The van der Waals surface area contributed by atoms with Crippen molar-refractivity contribution in [3.05, 3.63) is 109 Å². The first-order valence-corrected chi connectivity index (χ1v) is 12.7. The number of benzene rings is 3. The largest absolute Gasteiger partial charge is 0.493 e. The molecule has 0 bridgehead atoms. The number of methoxy groups -OCH3 is 1. The molecule has 0 aliphatic heterocycles. The summed E-state index contributed by atoms with van der Waals surface area (Å²) in [5.74, 6) is -2.31. The van der Waals surface area contributed by atoms with Gasteiger partial charge in [0.15, 0.2) is 11.5 Å². The smallest absolute Gasteiger partial charge is 0.329 e. The monoisotopic (exact) mass is 603 g/mol. The normalized spacial score (nSPS) is 11.0. The van der Waals surface area contributed by atoms with Gasteiger partial charge in [0.2, 0.25) is 5.75 Å². The zero-order valence-corrected chi connectivity index (χ0v) is 23.8. The molecule has 226 valence electrons. The predicted octanol–water partition coefficient (Wildman–Crippen LogP) is 3.58. The first kappa shape index (κ1) is 30.6. The Labute approximate surface area is 248 Å². The standard InChI is InChI=1S/C28H25N7O9/c1-16(18-10-12-23(24(14-18)43-4)44-22-13-11-20(34(39)40)15-21(22)35(41)42)30-31-27(37)26(36)29-25-17(2)32(3)33(28(25)38)19-8-6-5-7-9-19/h5-15H,1-4H3,(H,29,36)(H,31,37). The first-order chi connectivity index (χ1) is 20.9. The molecule has 16 heteroatoms. The molecule has 4 rings (SSSR count). The summed E-state index contributed by atoms with van der Waals surface area (Å²) in [7, 11) is 2.97. The highest BCUT2D eigenvalue weighted by atomic mass is 16.6. The number of hydrogen-bond acceptors (Lipinski definition) is 10. The zero-order valence-electron chi connectivity index (χ0n) is 23.8. The number of para-hydroxylation sites is 1. The number of carbonyl (C=O) groups excluding carboxylic acids is 2. The summed E-state index contributed by atoms with van der Waals surface area (Å²) in [5, 5.41) is 28.7. The quantitative estimate of drug-likeness (QED) is 0.124. The van der Waals surface area contributed by atoms with Crippen molar-refractivity contribution in [2.75, 3.05) is 12.4 Å². The fraction of sp³-hybridized carbons (Fsp3) is 0.143. The molecule has 2 amide bonds. The van der Waals surface area contributed by atoms with Crippen molar-refractivity contribution in [2.24, 2.45) is 12.1 Å². The molecule has 44 heavy (non-hydrogen) atoms. The highest BCUT2D eigenvalue weighted by Gasteiger charge is 2.23. The average molecular weight is 604 g/mol. The number of anilines is 1. The Bertz CT molecular complexity index is 1880. The summed E-state index contributed by atoms with van der Waals surface area (Å²) in [6.45, 7) is 3.16. The fourth-order valence-electron chi connectivity index (χ4n) is 4.08. The van der Waals surface area contributed by atoms with Crippen molar-refractivity contribution >= 4 is 34.6 Å². The van der Waals surface area contributed by atoms with Crippen molar-refractivity contribution in [3.63, 3.8) is 0 Å². The van der Waals surface area contributed by atoms with Gasteiger partial charge in [-0.1, -0.05) is 18.2 Å². The molecule has 0 saturated heterocycles. The second-order valence-corrected chi connectivity index (χ2v) is 9.16. The van der Waals surface area contributed by atoms with Gasteiger partial charge in [-0.2, -0.15) is 5.10 Å². The van der Waals surface area contributed by atoms with E-state index >= 15 is 0 Å². The topological polar surface area (TPSA) is 202 Å². The minimum Gasteiger partial charge on any atom is -0.493 e. The van der Waals surface area contributed by atoms with E-state index in [0.717, 1.165) is 18.2 Å². The summed E-state index contributed by atoms with van der Waals surface area (Å²) in [4.78, 5) is 59.0. The summed E-state index contributed by atoms with van der Waals surface area (Å²) < 4.78 is 13.9. The predicted molar refractivity (Wildman–Crippen MR) is 158 cm³/mol. The maximum Gasteiger partial charge on any atom is 0.329 e. The highest BCUT2D eigenvalue weighted by molar-refractivity contribution is 6.39. The number of nitrogens with zero attached hydrogens (tertiary/aromatic N) is 5. The van der Waals surface area contributed by atoms with Gasteiger partial charge in [0, 0.05) is 18.7 Å². The minimum absolute atomic E-state index is 0.0591. The third kappa shape index (κ3) is 6.28. The maximum absolute atomic E-state index is 13.0. The van der Waals surface area contributed by atoms with Gasteiger partial charge in [-0.3, -0.25) is 39.3 Å². The van der Waals surface area contributed by atoms with E-state index in [1.807, 2.05) is 0 Å². The van der Waals surface area contributed by atoms with Gasteiger partial charge in [-0.05, 0) is 50.2 Å². The van der Waals surface area contributed by atoms with Crippen molar-refractivity contribution in [1.82, 2.24) is 14.8 Å². The van der Waals surface area contributed by atoms with Crippen molar-refractivity contribution in [1.29, 1.82) is 0 Å². The Hall–Kier alpha value is -6.32. The Balaban J connectivity index is 1.49. The lowest BCUT2D eigenvalue weighted by atomic mass is 10.1. The fourth-order valence-corrected chi connectivity index (χ4v) is 4.08. The molecular formula is C28H25N7O9. The van der Waals surface area contributed by atoms with Gasteiger partial charge >= 0.3 is 17.5 Å². The molecule has 0 aliphatic rings. The molecule has 16 nitrogen and oxygen atoms in total. The van der Waals surface area contributed by atoms with Crippen LogP contribution in [0.4, 0.5) is 17.1 Å². The molecular weight excluding hydrogens is 578 g/mol. The van der Waals surface area contributed by atoms with Crippen LogP contribution in [-0.2, 0) is 16.6 Å². The van der Waals surface area contributed by atoms with Gasteiger partial charge < -0.3 is 14.8 Å². The lowest BCUT2D eigenvalue weighted by Crippen LogP contribution is -2.34. The van der Waals surface area contributed by atoms with Crippen LogP contribution in [0.5, 0.6) is 17.2 Å². The molecule has 2 N–H and O–H groups in total. The number of amides is 2. The van der Waals surface area contributed by atoms with Crippen LogP contribution in [0.25, 0.3) is 5.69 Å². The van der Waals surface area contributed by atoms with Crippen LogP contribution in [0.3, 0.4) is 0 Å². The Morgan fingerprint density at radius 1 is 0.909 bits per heavy atom. The molecule has 0 unspecified atom stereocenters. The highest BCUT2D eigenvalue weighted by Crippen LogP contribution is 2.38. The van der Waals surface area contributed by atoms with Crippen LogP contribution in [0.1, 0.15) is 18.2 Å². The van der Waals surface area contributed by atoms with E-state index in [4.69, 9.17) is 9.47 Å². The summed E-state index contributed by atoms with van der Waals surface area (Å²) >= 11 is 0. The van der Waals surface area contributed by atoms with Gasteiger partial charge in [-0.25, -0.2) is 10.1 Å². The first-order valence-electron chi connectivity index (χ1n) is 12.7. The van der Waals surface area contributed by atoms with E-state index in [-0.39, 0.29) is 28.6 Å². The number of nitrogens with one attached hydrogen (secondary N) is 2. The molecule has 4 aromatic rings. The number of carbonyl (C=O) groups is 2. The van der Waals surface area contributed by atoms with E-state index in [2.05, 4.69) is 15.8 Å². The summed E-state index contributed by atoms with van der Waals surface area (Å²) in [6.07, 6.45) is 0. The second-order valence-electron chi connectivity index (χ2n) is 9.16. The van der Waals surface area contributed by atoms with Crippen LogP contribution in [-0.4, -0.2) is 43.8 Å². The third-order valence-electron chi connectivity index (χ3n) is 6.48. The summed E-state index contributed by atoms with van der Waals surface area (Å²) in [6, 6.07) is 16.1. The van der Waals surface area contributed by atoms with E-state index in [1.165, 1.54) is 36.9 Å². The van der Waals surface area contributed by atoms with Crippen LogP contribution in [0, 0.1) is 27.2 Å². The van der Waals surface area contributed by atoms with E-state index < -0.39 is 38.6 Å². The van der Waals surface area contributed by atoms with E-state index in [9.17, 15) is 34.6 Å². The molecule has 0 atom stereocenters. The van der Waals surface area contributed by atoms with Crippen molar-refractivity contribution in [3.8, 4) is 22.9 Å². The van der Waals surface area contributed by atoms with Gasteiger partial charge in [0.25, 0.3) is 11.2 Å². The minimum atomic E-state index is -1.13. The van der Waals surface area contributed by atoms with Crippen molar-refractivity contribution < 1.29 is 28.9 Å². The number of hydrogen-bond donors (Lipinski definition) is 2. The number of nitro benzene ring substituents is 2. The number of aromatic nitrogens is 2. The number of nitro groups is 2. The lowest BCUT2D eigenvalue weighted by Gasteiger charge is -2.12. The Morgan fingerprint density at radius 3 is 2.23 bits per heavy atom. The number of hydrazone groups is 1. The second kappa shape index (κ2) is 12.7. The lowest BCUT2D eigenvalue weighted by molar-refractivity contribution is -0.394. The van der Waals surface area contributed by atoms with E-state index in [0.29, 0.717) is 16.9 Å². The molecule has 3 aromatic carbocycles. The molecule has 0 fully saturated rings. The Kier molecular flexibility index (Phi) is 8.83. The van der Waals surface area contributed by atoms with Crippen LogP contribution < -0.4 is 25.8 Å². The number of non-ortho nitro benzene ring substituents is 1. The Morgan fingerprint density at radius 2 is 1.59 bits per heavy atom. The molecule has 0 saturated carbocycles. The zero-order chi connectivity index (χ0) is 32.1. The average Bonchev–Trinajstić information content (AvgIpc) is 3.22. The third-order valence-corrected chi connectivity index (χ3v) is 6.48. The van der Waals surface area contributed by atoms with E-state index in [1.54, 1.807) is 49.0 Å². The van der Waals surface area contributed by atoms with Crippen LogP contribution >= 0.6 is 0 Å². The number of rotatable bonds is 9. The molecule has 0 aliphatic carbocycles. The van der Waals surface area contributed by atoms with Crippen molar-refractivity contribution in [2.45, 2.75) is 13.8 Å². The SMILES string of the molecule is COc1cc(C(C)=NNC(=O)C(=O)Nc2c(C)n(C)n(-c3ccccc3)c2=O)ccc1Oc1ccc([N+](=O)[O-])cc1[N+](=O)[O-]. The number of ether oxygens (including phenoxy) is 2. The van der Waals surface area contributed by atoms with Gasteiger partial charge in [0.05, 0.1) is 40.1 Å². The molecule has 0 spiro atoms. The van der Waals surface area contributed by atoms with Gasteiger partial charge in [-0.15, -0.1) is 0 Å². The van der Waals surface area contributed by atoms with Crippen LogP contribution in [0.15, 0.2) is 76.6 Å². The van der Waals surface area contributed by atoms with Gasteiger partial charge in [0.1, 0.15) is 5.69 Å². The van der Waals surface area contributed by atoms with Crippen LogP contribution in [0.2, 0.25) is 0 Å². The molecule has 1 aromatic heterocycles. The molecule has 1 heterocycles.